The molecule has 0 saturated carbocycles. The molecule has 0 aliphatic rings. The average molecular weight is 373 g/mol. The molecule has 1 aromatic heterocycles. The quantitative estimate of drug-likeness (QED) is 0.596. The molecule has 134 valence electrons. The van der Waals surface area contributed by atoms with Crippen molar-refractivity contribution < 1.29 is 4.79 Å². The highest BCUT2D eigenvalue weighted by Crippen LogP contribution is 2.27. The van der Waals surface area contributed by atoms with Crippen LogP contribution < -0.4 is 0 Å². The van der Waals surface area contributed by atoms with Crippen LogP contribution in [0, 0.1) is 11.3 Å². The van der Waals surface area contributed by atoms with Gasteiger partial charge in [0, 0.05) is 23.9 Å². The van der Waals surface area contributed by atoms with Crippen molar-refractivity contribution in [2.24, 2.45) is 0 Å². The van der Waals surface area contributed by atoms with Gasteiger partial charge in [0.15, 0.2) is 0 Å². The van der Waals surface area contributed by atoms with Gasteiger partial charge in [-0.3, -0.25) is 9.78 Å². The van der Waals surface area contributed by atoms with Crippen LogP contribution in [0.4, 0.5) is 0 Å². The van der Waals surface area contributed by atoms with Crippen LogP contribution in [0.25, 0.3) is 0 Å². The van der Waals surface area contributed by atoms with Crippen LogP contribution in [-0.2, 0) is 12.3 Å². The molecule has 1 amide bonds. The lowest BCUT2D eigenvalue weighted by Gasteiger charge is -2.18. The van der Waals surface area contributed by atoms with Crippen molar-refractivity contribution in [2.45, 2.75) is 17.2 Å². The summed E-state index contributed by atoms with van der Waals surface area (Å²) in [5.74, 6) is 0.712. The maximum Gasteiger partial charge on any atom is 0.255 e. The monoisotopic (exact) mass is 373 g/mol. The molecule has 0 radical (unpaired) electrons. The fourth-order valence-corrected chi connectivity index (χ4v) is 3.62. The molecular formula is C22H19N3OS. The number of pyridine rings is 1. The molecule has 0 fully saturated rings. The maximum absolute atomic E-state index is 12.9. The van der Waals surface area contributed by atoms with Crippen molar-refractivity contribution >= 4 is 17.7 Å². The highest BCUT2D eigenvalue weighted by atomic mass is 32.2. The third kappa shape index (κ3) is 4.96. The van der Waals surface area contributed by atoms with Crippen LogP contribution in [0.5, 0.6) is 0 Å². The second-order valence-electron chi connectivity index (χ2n) is 6.08. The molecule has 0 saturated heterocycles. The Bertz CT molecular complexity index is 949. The molecule has 0 aliphatic heterocycles. The summed E-state index contributed by atoms with van der Waals surface area (Å²) in [6.45, 7) is 0.467. The first kappa shape index (κ1) is 18.7. The number of nitriles is 1. The summed E-state index contributed by atoms with van der Waals surface area (Å²) in [5.41, 5.74) is 3.31. The second-order valence-corrected chi connectivity index (χ2v) is 7.09. The van der Waals surface area contributed by atoms with E-state index < -0.39 is 0 Å². The number of rotatable bonds is 6. The number of carbonyl (C=O) groups is 1. The van der Waals surface area contributed by atoms with Crippen LogP contribution in [-0.4, -0.2) is 22.8 Å². The number of benzene rings is 2. The van der Waals surface area contributed by atoms with Gasteiger partial charge in [0.25, 0.3) is 5.91 Å². The molecule has 0 bridgehead atoms. The van der Waals surface area contributed by atoms with E-state index >= 15 is 0 Å². The smallest absolute Gasteiger partial charge is 0.255 e. The van der Waals surface area contributed by atoms with Crippen molar-refractivity contribution in [1.82, 2.24) is 9.88 Å². The minimum atomic E-state index is -0.0245. The summed E-state index contributed by atoms with van der Waals surface area (Å²) in [6, 6.07) is 23.0. The van der Waals surface area contributed by atoms with Gasteiger partial charge in [0.1, 0.15) is 0 Å². The first-order valence-electron chi connectivity index (χ1n) is 8.53. The Morgan fingerprint density at radius 3 is 2.52 bits per heavy atom. The molecule has 0 unspecified atom stereocenters. The minimum absolute atomic E-state index is 0.0245. The zero-order chi connectivity index (χ0) is 19.1. The van der Waals surface area contributed by atoms with E-state index in [0.29, 0.717) is 17.7 Å². The average Bonchev–Trinajstić information content (AvgIpc) is 2.73. The van der Waals surface area contributed by atoms with E-state index in [1.807, 2.05) is 66.7 Å². The Hall–Kier alpha value is -3.10. The summed E-state index contributed by atoms with van der Waals surface area (Å²) in [4.78, 5) is 19.8. The van der Waals surface area contributed by atoms with Crippen molar-refractivity contribution in [3.05, 3.63) is 95.3 Å². The maximum atomic E-state index is 12.9. The molecule has 0 spiro atoms. The predicted octanol–water partition coefficient (Wildman–Crippen LogP) is 4.52. The topological polar surface area (TPSA) is 57.0 Å². The van der Waals surface area contributed by atoms with E-state index in [1.165, 1.54) is 0 Å². The Labute approximate surface area is 163 Å². The number of amides is 1. The third-order valence-electron chi connectivity index (χ3n) is 4.07. The van der Waals surface area contributed by atoms with E-state index in [1.54, 1.807) is 29.9 Å². The van der Waals surface area contributed by atoms with Gasteiger partial charge in [-0.2, -0.15) is 5.26 Å². The van der Waals surface area contributed by atoms with Gasteiger partial charge in [0.2, 0.25) is 0 Å². The fourth-order valence-electron chi connectivity index (χ4n) is 2.62. The molecule has 1 heterocycles. The number of nitrogens with zero attached hydrogens (tertiary/aromatic N) is 3. The highest BCUT2D eigenvalue weighted by Gasteiger charge is 2.16. The number of carbonyl (C=O) groups excluding carboxylic acids is 1. The minimum Gasteiger partial charge on any atom is -0.336 e. The third-order valence-corrected chi connectivity index (χ3v) is 5.21. The van der Waals surface area contributed by atoms with Gasteiger partial charge in [-0.05, 0) is 42.0 Å². The largest absolute Gasteiger partial charge is 0.336 e. The summed E-state index contributed by atoms with van der Waals surface area (Å²) < 4.78 is 0. The predicted molar refractivity (Wildman–Crippen MR) is 107 cm³/mol. The van der Waals surface area contributed by atoms with E-state index in [2.05, 4.69) is 11.1 Å². The van der Waals surface area contributed by atoms with E-state index in [9.17, 15) is 4.79 Å². The first-order valence-corrected chi connectivity index (χ1v) is 9.52. The SMILES string of the molecule is CN(Cc1ccccn1)C(=O)c1ccccc1SCc1ccc(C#N)cc1. The lowest BCUT2D eigenvalue weighted by molar-refractivity contribution is 0.0780. The van der Waals surface area contributed by atoms with E-state index in [-0.39, 0.29) is 5.91 Å². The van der Waals surface area contributed by atoms with Gasteiger partial charge in [-0.1, -0.05) is 30.3 Å². The lowest BCUT2D eigenvalue weighted by atomic mass is 10.2. The van der Waals surface area contributed by atoms with Gasteiger partial charge in [-0.15, -0.1) is 11.8 Å². The fraction of sp³-hybridized carbons (Fsp3) is 0.136. The summed E-state index contributed by atoms with van der Waals surface area (Å²) >= 11 is 1.62. The van der Waals surface area contributed by atoms with Crippen LogP contribution in [0.1, 0.15) is 27.2 Å². The molecule has 0 N–H and O–H groups in total. The summed E-state index contributed by atoms with van der Waals surface area (Å²) in [6.07, 6.45) is 1.73. The number of hydrogen-bond acceptors (Lipinski definition) is 4. The van der Waals surface area contributed by atoms with Crippen LogP contribution in [0.2, 0.25) is 0 Å². The van der Waals surface area contributed by atoms with E-state index in [0.717, 1.165) is 21.9 Å². The first-order chi connectivity index (χ1) is 13.2. The summed E-state index contributed by atoms with van der Waals surface area (Å²) in [7, 11) is 1.79. The number of hydrogen-bond donors (Lipinski definition) is 0. The Morgan fingerprint density at radius 2 is 1.81 bits per heavy atom. The van der Waals surface area contributed by atoms with Gasteiger partial charge < -0.3 is 4.90 Å². The molecule has 3 rings (SSSR count). The zero-order valence-corrected chi connectivity index (χ0v) is 15.8. The summed E-state index contributed by atoms with van der Waals surface area (Å²) in [5, 5.41) is 8.89. The van der Waals surface area contributed by atoms with Crippen LogP contribution >= 0.6 is 11.8 Å². The van der Waals surface area contributed by atoms with Crippen molar-refractivity contribution in [2.75, 3.05) is 7.05 Å². The molecular weight excluding hydrogens is 354 g/mol. The van der Waals surface area contributed by atoms with Crippen molar-refractivity contribution in [3.63, 3.8) is 0 Å². The Kier molecular flexibility index (Phi) is 6.24. The standard InChI is InChI=1S/C22H19N3OS/c1-25(15-19-6-4-5-13-24-19)22(26)20-7-2-3-8-21(20)27-16-18-11-9-17(14-23)10-12-18/h2-13H,15-16H2,1H3. The zero-order valence-electron chi connectivity index (χ0n) is 15.0. The van der Waals surface area contributed by atoms with Gasteiger partial charge in [0.05, 0.1) is 29.4 Å². The van der Waals surface area contributed by atoms with Crippen LogP contribution in [0.3, 0.4) is 0 Å². The molecule has 0 aliphatic carbocycles. The van der Waals surface area contributed by atoms with Gasteiger partial charge in [-0.25, -0.2) is 0 Å². The van der Waals surface area contributed by atoms with Gasteiger partial charge >= 0.3 is 0 Å². The van der Waals surface area contributed by atoms with Crippen LogP contribution in [0.15, 0.2) is 77.8 Å². The highest BCUT2D eigenvalue weighted by molar-refractivity contribution is 7.98. The number of thioether (sulfide) groups is 1. The molecule has 5 heteroatoms. The van der Waals surface area contributed by atoms with Crippen molar-refractivity contribution in [3.8, 4) is 6.07 Å². The second kappa shape index (κ2) is 9.02. The lowest BCUT2D eigenvalue weighted by Crippen LogP contribution is -2.27. The molecule has 3 aromatic rings. The molecule has 4 nitrogen and oxygen atoms in total. The molecule has 0 atom stereocenters. The van der Waals surface area contributed by atoms with E-state index in [4.69, 9.17) is 5.26 Å². The Morgan fingerprint density at radius 1 is 1.07 bits per heavy atom. The molecule has 2 aromatic carbocycles. The number of aromatic nitrogens is 1. The Balaban J connectivity index is 1.70. The van der Waals surface area contributed by atoms with Crippen molar-refractivity contribution in [1.29, 1.82) is 5.26 Å². The molecule has 27 heavy (non-hydrogen) atoms. The normalized spacial score (nSPS) is 10.2.